The maximum Gasteiger partial charge on any atom is 0.0200 e. The topological polar surface area (TPSA) is 15.3 Å². The van der Waals surface area contributed by atoms with Crippen LogP contribution < -0.4 is 5.32 Å². The third-order valence-corrected chi connectivity index (χ3v) is 5.82. The zero-order chi connectivity index (χ0) is 13.9. The lowest BCUT2D eigenvalue weighted by Crippen LogP contribution is -2.54. The fourth-order valence-corrected chi connectivity index (χ4v) is 4.76. The van der Waals surface area contributed by atoms with E-state index in [-0.39, 0.29) is 0 Å². The molecule has 1 saturated heterocycles. The summed E-state index contributed by atoms with van der Waals surface area (Å²) in [5.74, 6) is 1.90. The first kappa shape index (κ1) is 14.8. The molecule has 3 rings (SSSR count). The molecular weight excluding hydrogens is 244 g/mol. The van der Waals surface area contributed by atoms with Crippen LogP contribution in [0.5, 0.6) is 0 Å². The van der Waals surface area contributed by atoms with E-state index in [0.717, 1.165) is 30.0 Å². The molecule has 0 aromatic rings. The molecule has 2 aliphatic carbocycles. The van der Waals surface area contributed by atoms with Gasteiger partial charge in [0.25, 0.3) is 0 Å². The molecule has 20 heavy (non-hydrogen) atoms. The van der Waals surface area contributed by atoms with Gasteiger partial charge in [0.05, 0.1) is 0 Å². The van der Waals surface area contributed by atoms with Crippen molar-refractivity contribution in [3.05, 3.63) is 0 Å². The molecule has 0 radical (unpaired) electrons. The second-order valence-electron chi connectivity index (χ2n) is 7.81. The van der Waals surface area contributed by atoms with Gasteiger partial charge in [-0.3, -0.25) is 4.90 Å². The first-order chi connectivity index (χ1) is 9.76. The van der Waals surface area contributed by atoms with Gasteiger partial charge in [-0.1, -0.05) is 33.1 Å². The third-order valence-electron chi connectivity index (χ3n) is 5.82. The number of nitrogens with one attached hydrogen (secondary N) is 1. The van der Waals surface area contributed by atoms with Crippen molar-refractivity contribution in [2.75, 3.05) is 13.1 Å². The van der Waals surface area contributed by atoms with E-state index in [1.807, 2.05) is 0 Å². The predicted octanol–water partition coefficient (Wildman–Crippen LogP) is 3.81. The molecule has 0 aromatic heterocycles. The van der Waals surface area contributed by atoms with Crippen molar-refractivity contribution < 1.29 is 0 Å². The van der Waals surface area contributed by atoms with Crippen LogP contribution in [0, 0.1) is 11.8 Å². The Labute approximate surface area is 125 Å². The van der Waals surface area contributed by atoms with E-state index >= 15 is 0 Å². The molecule has 0 amide bonds. The Hall–Kier alpha value is -0.0800. The molecule has 0 aromatic carbocycles. The van der Waals surface area contributed by atoms with Crippen molar-refractivity contribution in [3.63, 3.8) is 0 Å². The SMILES string of the molecule is CCC(C1CC1)N1CC(C)CC(NC2CCCCC2)C1. The van der Waals surface area contributed by atoms with Crippen molar-refractivity contribution in [2.45, 2.75) is 89.8 Å². The number of likely N-dealkylation sites (tertiary alicyclic amines) is 1. The molecule has 1 aliphatic heterocycles. The maximum absolute atomic E-state index is 4.01. The number of rotatable bonds is 5. The Bertz CT molecular complexity index is 294. The van der Waals surface area contributed by atoms with Crippen LogP contribution in [0.1, 0.15) is 71.6 Å². The van der Waals surface area contributed by atoms with Crippen molar-refractivity contribution in [2.24, 2.45) is 11.8 Å². The van der Waals surface area contributed by atoms with Crippen LogP contribution in [0.4, 0.5) is 0 Å². The smallest absolute Gasteiger partial charge is 0.0200 e. The molecule has 3 unspecified atom stereocenters. The lowest BCUT2D eigenvalue weighted by atomic mass is 9.90. The van der Waals surface area contributed by atoms with Gasteiger partial charge in [0.15, 0.2) is 0 Å². The molecule has 0 spiro atoms. The van der Waals surface area contributed by atoms with Gasteiger partial charge in [-0.05, 0) is 50.4 Å². The van der Waals surface area contributed by atoms with Gasteiger partial charge in [-0.2, -0.15) is 0 Å². The van der Waals surface area contributed by atoms with Crippen LogP contribution in [-0.4, -0.2) is 36.1 Å². The third kappa shape index (κ3) is 3.76. The van der Waals surface area contributed by atoms with Crippen molar-refractivity contribution in [1.82, 2.24) is 10.2 Å². The first-order valence-corrected chi connectivity index (χ1v) is 9.26. The van der Waals surface area contributed by atoms with Crippen molar-refractivity contribution >= 4 is 0 Å². The summed E-state index contributed by atoms with van der Waals surface area (Å²) in [6.07, 6.45) is 12.9. The molecule has 1 N–H and O–H groups in total. The summed E-state index contributed by atoms with van der Waals surface area (Å²) in [6.45, 7) is 7.51. The zero-order valence-corrected chi connectivity index (χ0v) is 13.6. The Balaban J connectivity index is 1.54. The first-order valence-electron chi connectivity index (χ1n) is 9.26. The number of hydrogen-bond donors (Lipinski definition) is 1. The lowest BCUT2D eigenvalue weighted by molar-refractivity contribution is 0.0837. The van der Waals surface area contributed by atoms with Crippen LogP contribution in [0.25, 0.3) is 0 Å². The van der Waals surface area contributed by atoms with Crippen LogP contribution >= 0.6 is 0 Å². The molecule has 1 heterocycles. The zero-order valence-electron chi connectivity index (χ0n) is 13.6. The fraction of sp³-hybridized carbons (Fsp3) is 1.00. The summed E-state index contributed by atoms with van der Waals surface area (Å²) in [7, 11) is 0. The monoisotopic (exact) mass is 278 g/mol. The van der Waals surface area contributed by atoms with E-state index in [1.54, 1.807) is 0 Å². The number of hydrogen-bond acceptors (Lipinski definition) is 2. The predicted molar refractivity (Wildman–Crippen MR) is 86.0 cm³/mol. The Kier molecular flexibility index (Phi) is 5.04. The molecule has 2 heteroatoms. The summed E-state index contributed by atoms with van der Waals surface area (Å²) >= 11 is 0. The molecule has 3 fully saturated rings. The minimum Gasteiger partial charge on any atom is -0.310 e. The summed E-state index contributed by atoms with van der Waals surface area (Å²) in [5, 5.41) is 4.01. The summed E-state index contributed by atoms with van der Waals surface area (Å²) in [5.41, 5.74) is 0. The van der Waals surface area contributed by atoms with Crippen LogP contribution in [0.15, 0.2) is 0 Å². The standard InChI is InChI=1S/C18H34N2/c1-3-18(15-9-10-15)20-12-14(2)11-17(13-20)19-16-7-5-4-6-8-16/h14-19H,3-13H2,1-2H3. The molecule has 116 valence electrons. The molecular formula is C18H34N2. The van der Waals surface area contributed by atoms with Crippen molar-refractivity contribution in [1.29, 1.82) is 0 Å². The lowest BCUT2D eigenvalue weighted by Gasteiger charge is -2.43. The summed E-state index contributed by atoms with van der Waals surface area (Å²) in [4.78, 5) is 2.84. The Morgan fingerprint density at radius 1 is 1.00 bits per heavy atom. The molecule has 3 aliphatic rings. The summed E-state index contributed by atoms with van der Waals surface area (Å²) < 4.78 is 0. The van der Waals surface area contributed by atoms with E-state index in [9.17, 15) is 0 Å². The van der Waals surface area contributed by atoms with Crippen molar-refractivity contribution in [3.8, 4) is 0 Å². The average molecular weight is 278 g/mol. The minimum atomic E-state index is 0.759. The molecule has 2 nitrogen and oxygen atoms in total. The van der Waals surface area contributed by atoms with Gasteiger partial charge in [0.1, 0.15) is 0 Å². The second kappa shape index (κ2) is 6.79. The van der Waals surface area contributed by atoms with Gasteiger partial charge in [-0.15, -0.1) is 0 Å². The highest BCUT2D eigenvalue weighted by atomic mass is 15.2. The maximum atomic E-state index is 4.01. The normalized spacial score (nSPS) is 35.1. The van der Waals surface area contributed by atoms with Crippen LogP contribution in [0.2, 0.25) is 0 Å². The quantitative estimate of drug-likeness (QED) is 0.822. The van der Waals surface area contributed by atoms with Gasteiger partial charge < -0.3 is 5.32 Å². The number of nitrogens with zero attached hydrogens (tertiary/aromatic N) is 1. The largest absolute Gasteiger partial charge is 0.310 e. The molecule has 3 atom stereocenters. The van der Waals surface area contributed by atoms with Gasteiger partial charge >= 0.3 is 0 Å². The molecule has 0 bridgehead atoms. The highest BCUT2D eigenvalue weighted by Crippen LogP contribution is 2.38. The van der Waals surface area contributed by atoms with Crippen LogP contribution in [0.3, 0.4) is 0 Å². The Morgan fingerprint density at radius 2 is 1.75 bits per heavy atom. The second-order valence-corrected chi connectivity index (χ2v) is 7.81. The highest BCUT2D eigenvalue weighted by molar-refractivity contribution is 4.93. The van der Waals surface area contributed by atoms with E-state index in [4.69, 9.17) is 0 Å². The summed E-state index contributed by atoms with van der Waals surface area (Å²) in [6, 6.07) is 2.46. The van der Waals surface area contributed by atoms with E-state index in [2.05, 4.69) is 24.1 Å². The fourth-order valence-electron chi connectivity index (χ4n) is 4.76. The molecule has 2 saturated carbocycles. The van der Waals surface area contributed by atoms with Crippen LogP contribution in [-0.2, 0) is 0 Å². The van der Waals surface area contributed by atoms with E-state index < -0.39 is 0 Å². The highest BCUT2D eigenvalue weighted by Gasteiger charge is 2.37. The minimum absolute atomic E-state index is 0.759. The van der Waals surface area contributed by atoms with Gasteiger partial charge in [0, 0.05) is 31.2 Å². The average Bonchev–Trinajstić information content (AvgIpc) is 3.25. The Morgan fingerprint density at radius 3 is 2.40 bits per heavy atom. The van der Waals surface area contributed by atoms with Gasteiger partial charge in [-0.25, -0.2) is 0 Å². The van der Waals surface area contributed by atoms with E-state index in [0.29, 0.717) is 0 Å². The number of piperidine rings is 1. The van der Waals surface area contributed by atoms with Gasteiger partial charge in [0.2, 0.25) is 0 Å². The van der Waals surface area contributed by atoms with E-state index in [1.165, 1.54) is 70.9 Å².